The molecule has 0 aliphatic carbocycles. The zero-order chi connectivity index (χ0) is 16.1. The smallest absolute Gasteiger partial charge is 0.326 e. The normalized spacial score (nSPS) is 13.4. The highest BCUT2D eigenvalue weighted by atomic mass is 79.9. The topological polar surface area (TPSA) is 66.4 Å². The van der Waals surface area contributed by atoms with E-state index in [0.29, 0.717) is 0 Å². The average Bonchev–Trinajstić information content (AvgIpc) is 2.93. The Hall–Kier alpha value is -1.66. The standard InChI is InChI=1S/C16H16BrNO3S/c1-10(13-7-8-14(17)22-13)15(19)18-12(16(20)21)9-11-5-3-2-4-6-11/h2-8,10,12H,9H2,1H3,(H,18,19)(H,20,21)/t10?,12-/m1/s1. The summed E-state index contributed by atoms with van der Waals surface area (Å²) in [6.45, 7) is 1.77. The lowest BCUT2D eigenvalue weighted by molar-refractivity contribution is -0.141. The molecule has 2 N–H and O–H groups in total. The molecule has 22 heavy (non-hydrogen) atoms. The van der Waals surface area contributed by atoms with Gasteiger partial charge in [0.05, 0.1) is 9.70 Å². The van der Waals surface area contributed by atoms with Gasteiger partial charge in [0.1, 0.15) is 6.04 Å². The number of hydrogen-bond acceptors (Lipinski definition) is 3. The van der Waals surface area contributed by atoms with Crippen LogP contribution in [0, 0.1) is 0 Å². The van der Waals surface area contributed by atoms with E-state index < -0.39 is 12.0 Å². The van der Waals surface area contributed by atoms with Crippen LogP contribution in [0.25, 0.3) is 0 Å². The molecule has 0 radical (unpaired) electrons. The number of rotatable bonds is 6. The highest BCUT2D eigenvalue weighted by Gasteiger charge is 2.24. The van der Waals surface area contributed by atoms with Crippen molar-refractivity contribution in [3.63, 3.8) is 0 Å². The summed E-state index contributed by atoms with van der Waals surface area (Å²) >= 11 is 4.83. The van der Waals surface area contributed by atoms with Crippen molar-refractivity contribution < 1.29 is 14.7 Å². The Bertz CT molecular complexity index is 656. The maximum atomic E-state index is 12.3. The Balaban J connectivity index is 2.04. The molecule has 1 aromatic carbocycles. The summed E-state index contributed by atoms with van der Waals surface area (Å²) in [4.78, 5) is 24.6. The fraction of sp³-hybridized carbons (Fsp3) is 0.250. The lowest BCUT2D eigenvalue weighted by Gasteiger charge is -2.17. The molecule has 0 saturated carbocycles. The minimum Gasteiger partial charge on any atom is -0.480 e. The van der Waals surface area contributed by atoms with E-state index in [0.717, 1.165) is 14.2 Å². The third kappa shape index (κ3) is 4.42. The van der Waals surface area contributed by atoms with Gasteiger partial charge in [-0.1, -0.05) is 30.3 Å². The summed E-state index contributed by atoms with van der Waals surface area (Å²) < 4.78 is 0.946. The highest BCUT2D eigenvalue weighted by molar-refractivity contribution is 9.11. The predicted octanol–water partition coefficient (Wildman–Crippen LogP) is 3.43. The molecular weight excluding hydrogens is 366 g/mol. The van der Waals surface area contributed by atoms with Crippen molar-refractivity contribution in [1.82, 2.24) is 5.32 Å². The van der Waals surface area contributed by atoms with Gasteiger partial charge in [0.2, 0.25) is 5.91 Å². The van der Waals surface area contributed by atoms with Crippen LogP contribution in [0.5, 0.6) is 0 Å². The maximum Gasteiger partial charge on any atom is 0.326 e. The third-order valence-corrected chi connectivity index (χ3v) is 5.12. The molecule has 0 aliphatic rings. The molecule has 1 aromatic heterocycles. The van der Waals surface area contributed by atoms with Gasteiger partial charge in [0.25, 0.3) is 0 Å². The number of carboxylic acids is 1. The number of aliphatic carboxylic acids is 1. The number of carbonyl (C=O) groups excluding carboxylic acids is 1. The molecular formula is C16H16BrNO3S. The van der Waals surface area contributed by atoms with E-state index in [2.05, 4.69) is 21.2 Å². The molecule has 0 saturated heterocycles. The largest absolute Gasteiger partial charge is 0.480 e. The van der Waals surface area contributed by atoms with Crippen LogP contribution < -0.4 is 5.32 Å². The van der Waals surface area contributed by atoms with E-state index in [1.165, 1.54) is 11.3 Å². The number of thiophene rings is 1. The van der Waals surface area contributed by atoms with Crippen LogP contribution in [0.2, 0.25) is 0 Å². The minimum absolute atomic E-state index is 0.267. The van der Waals surface area contributed by atoms with Gasteiger partial charge in [-0.05, 0) is 40.5 Å². The first kappa shape index (κ1) is 16.7. The number of carboxylic acid groups (broad SMARTS) is 1. The maximum absolute atomic E-state index is 12.3. The molecule has 4 nitrogen and oxygen atoms in total. The van der Waals surface area contributed by atoms with Crippen molar-refractivity contribution >= 4 is 39.1 Å². The fourth-order valence-corrected chi connectivity index (χ4v) is 3.51. The third-order valence-electron chi connectivity index (χ3n) is 3.31. The Morgan fingerprint density at radius 2 is 1.91 bits per heavy atom. The second-order valence-electron chi connectivity index (χ2n) is 4.95. The number of carbonyl (C=O) groups is 2. The Morgan fingerprint density at radius 1 is 1.23 bits per heavy atom. The van der Waals surface area contributed by atoms with Crippen LogP contribution >= 0.6 is 27.3 Å². The number of hydrogen-bond donors (Lipinski definition) is 2. The first-order valence-electron chi connectivity index (χ1n) is 6.79. The first-order chi connectivity index (χ1) is 10.5. The lowest BCUT2D eigenvalue weighted by atomic mass is 10.0. The second kappa shape index (κ2) is 7.56. The molecule has 116 valence electrons. The van der Waals surface area contributed by atoms with E-state index >= 15 is 0 Å². The van der Waals surface area contributed by atoms with Crippen molar-refractivity contribution in [2.75, 3.05) is 0 Å². The van der Waals surface area contributed by atoms with E-state index in [1.54, 1.807) is 6.92 Å². The molecule has 6 heteroatoms. The monoisotopic (exact) mass is 381 g/mol. The Morgan fingerprint density at radius 3 is 2.45 bits per heavy atom. The van der Waals surface area contributed by atoms with E-state index in [4.69, 9.17) is 0 Å². The Labute approximate surface area is 141 Å². The lowest BCUT2D eigenvalue weighted by Crippen LogP contribution is -2.43. The van der Waals surface area contributed by atoms with Gasteiger partial charge in [-0.2, -0.15) is 0 Å². The SMILES string of the molecule is CC(C(=O)N[C@H](Cc1ccccc1)C(=O)O)c1ccc(Br)s1. The molecule has 0 spiro atoms. The highest BCUT2D eigenvalue weighted by Crippen LogP contribution is 2.28. The average molecular weight is 382 g/mol. The zero-order valence-electron chi connectivity index (χ0n) is 12.0. The molecule has 1 unspecified atom stereocenters. The van der Waals surface area contributed by atoms with Crippen molar-refractivity contribution in [3.05, 3.63) is 56.7 Å². The molecule has 1 amide bonds. The van der Waals surface area contributed by atoms with Gasteiger partial charge in [-0.25, -0.2) is 4.79 Å². The first-order valence-corrected chi connectivity index (χ1v) is 8.40. The van der Waals surface area contributed by atoms with Crippen molar-refractivity contribution in [1.29, 1.82) is 0 Å². The van der Waals surface area contributed by atoms with E-state index in [-0.39, 0.29) is 18.2 Å². The summed E-state index contributed by atoms with van der Waals surface area (Å²) in [5, 5.41) is 11.9. The summed E-state index contributed by atoms with van der Waals surface area (Å²) in [7, 11) is 0. The minimum atomic E-state index is -1.03. The van der Waals surface area contributed by atoms with Gasteiger partial charge < -0.3 is 10.4 Å². The fourth-order valence-electron chi connectivity index (χ4n) is 2.04. The molecule has 0 aliphatic heterocycles. The second-order valence-corrected chi connectivity index (χ2v) is 7.45. The van der Waals surface area contributed by atoms with Crippen LogP contribution in [0.15, 0.2) is 46.3 Å². The number of benzene rings is 1. The number of nitrogens with one attached hydrogen (secondary N) is 1. The van der Waals surface area contributed by atoms with Gasteiger partial charge >= 0.3 is 5.97 Å². The van der Waals surface area contributed by atoms with E-state index in [1.807, 2.05) is 42.5 Å². The number of halogens is 1. The van der Waals surface area contributed by atoms with Crippen LogP contribution in [0.3, 0.4) is 0 Å². The summed E-state index contributed by atoms with van der Waals surface area (Å²) in [6.07, 6.45) is 0.267. The number of amides is 1. The van der Waals surface area contributed by atoms with E-state index in [9.17, 15) is 14.7 Å². The molecule has 2 rings (SSSR count). The molecule has 2 aromatic rings. The van der Waals surface area contributed by atoms with Crippen molar-refractivity contribution in [2.45, 2.75) is 25.3 Å². The summed E-state index contributed by atoms with van der Waals surface area (Å²) in [6, 6.07) is 12.1. The quantitative estimate of drug-likeness (QED) is 0.805. The van der Waals surface area contributed by atoms with Crippen LogP contribution in [-0.2, 0) is 16.0 Å². The molecule has 1 heterocycles. The van der Waals surface area contributed by atoms with Crippen LogP contribution in [-0.4, -0.2) is 23.0 Å². The zero-order valence-corrected chi connectivity index (χ0v) is 14.4. The van der Waals surface area contributed by atoms with Gasteiger partial charge in [-0.3, -0.25) is 4.79 Å². The van der Waals surface area contributed by atoms with Crippen LogP contribution in [0.4, 0.5) is 0 Å². The summed E-state index contributed by atoms with van der Waals surface area (Å²) in [5.41, 5.74) is 0.877. The van der Waals surface area contributed by atoms with Gasteiger partial charge in [0.15, 0.2) is 0 Å². The molecule has 0 bridgehead atoms. The van der Waals surface area contributed by atoms with Crippen molar-refractivity contribution in [3.8, 4) is 0 Å². The van der Waals surface area contributed by atoms with Gasteiger partial charge in [-0.15, -0.1) is 11.3 Å². The molecule has 2 atom stereocenters. The van der Waals surface area contributed by atoms with Crippen molar-refractivity contribution in [2.24, 2.45) is 0 Å². The summed E-state index contributed by atoms with van der Waals surface area (Å²) in [5.74, 6) is -1.69. The predicted molar refractivity (Wildman–Crippen MR) is 90.1 cm³/mol. The van der Waals surface area contributed by atoms with Gasteiger partial charge in [0, 0.05) is 11.3 Å². The van der Waals surface area contributed by atoms with Crippen LogP contribution in [0.1, 0.15) is 23.3 Å². The Kier molecular flexibility index (Phi) is 5.74. The molecule has 0 fully saturated rings.